The number of pyridine rings is 1. The molecule has 0 unspecified atom stereocenters. The first kappa shape index (κ1) is 15.9. The van der Waals surface area contributed by atoms with E-state index in [0.29, 0.717) is 23.5 Å². The van der Waals surface area contributed by atoms with Gasteiger partial charge in [0.15, 0.2) is 0 Å². The summed E-state index contributed by atoms with van der Waals surface area (Å²) in [7, 11) is 0. The summed E-state index contributed by atoms with van der Waals surface area (Å²) in [6.07, 6.45) is 2.37. The molecule has 1 aromatic carbocycles. The molecule has 24 heavy (non-hydrogen) atoms. The van der Waals surface area contributed by atoms with Crippen molar-refractivity contribution < 1.29 is 9.18 Å². The highest BCUT2D eigenvalue weighted by Crippen LogP contribution is 2.19. The Morgan fingerprint density at radius 3 is 2.67 bits per heavy atom. The number of aromatic nitrogens is 3. The van der Waals surface area contributed by atoms with Gasteiger partial charge < -0.3 is 5.32 Å². The molecule has 3 rings (SSSR count). The molecule has 0 fully saturated rings. The number of benzene rings is 1. The molecule has 1 amide bonds. The summed E-state index contributed by atoms with van der Waals surface area (Å²) in [5, 5.41) is 9.79. The van der Waals surface area contributed by atoms with Crippen molar-refractivity contribution in [3.63, 3.8) is 0 Å². The smallest absolute Gasteiger partial charge is 0.269 e. The van der Waals surface area contributed by atoms with E-state index in [1.54, 1.807) is 24.4 Å². The third-order valence-corrected chi connectivity index (χ3v) is 3.74. The van der Waals surface area contributed by atoms with E-state index in [1.165, 1.54) is 12.1 Å². The maximum Gasteiger partial charge on any atom is 0.269 e. The van der Waals surface area contributed by atoms with Gasteiger partial charge in [0, 0.05) is 6.20 Å². The van der Waals surface area contributed by atoms with Crippen molar-refractivity contribution in [3.8, 4) is 11.4 Å². The van der Waals surface area contributed by atoms with Gasteiger partial charge in [0.05, 0.1) is 11.7 Å². The number of hydrogen-bond acceptors (Lipinski definition) is 3. The second-order valence-electron chi connectivity index (χ2n) is 5.37. The number of amides is 1. The molecule has 6 heteroatoms. The van der Waals surface area contributed by atoms with Gasteiger partial charge in [-0.2, -0.15) is 5.10 Å². The molecular weight excluding hydrogens is 307 g/mol. The summed E-state index contributed by atoms with van der Waals surface area (Å²) >= 11 is 0. The van der Waals surface area contributed by atoms with Gasteiger partial charge in [0.25, 0.3) is 5.91 Å². The van der Waals surface area contributed by atoms with Crippen LogP contribution in [0.3, 0.4) is 0 Å². The second kappa shape index (κ2) is 7.04. The number of nitrogens with zero attached hydrogens (tertiary/aromatic N) is 2. The molecule has 2 aromatic heterocycles. The van der Waals surface area contributed by atoms with Gasteiger partial charge in [0.2, 0.25) is 0 Å². The Bertz CT molecular complexity index is 815. The molecule has 5 nitrogen and oxygen atoms in total. The lowest BCUT2D eigenvalue weighted by atomic mass is 10.0. The van der Waals surface area contributed by atoms with E-state index < -0.39 is 0 Å². The largest absolute Gasteiger partial charge is 0.344 e. The Labute approximate surface area is 138 Å². The number of aromatic amines is 1. The van der Waals surface area contributed by atoms with Gasteiger partial charge in [0.1, 0.15) is 17.2 Å². The molecule has 2 heterocycles. The van der Waals surface area contributed by atoms with E-state index in [0.717, 1.165) is 5.56 Å². The van der Waals surface area contributed by atoms with Crippen molar-refractivity contribution in [1.29, 1.82) is 0 Å². The fourth-order valence-electron chi connectivity index (χ4n) is 2.44. The minimum atomic E-state index is -0.298. The fourth-order valence-corrected chi connectivity index (χ4v) is 2.44. The van der Waals surface area contributed by atoms with Gasteiger partial charge in [-0.15, -0.1) is 0 Å². The highest BCUT2D eigenvalue weighted by molar-refractivity contribution is 5.93. The van der Waals surface area contributed by atoms with Crippen molar-refractivity contribution in [3.05, 3.63) is 71.8 Å². The predicted molar refractivity (Wildman–Crippen MR) is 88.7 cm³/mol. The van der Waals surface area contributed by atoms with E-state index in [2.05, 4.69) is 20.5 Å². The number of hydrogen-bond donors (Lipinski definition) is 2. The zero-order valence-corrected chi connectivity index (χ0v) is 13.2. The van der Waals surface area contributed by atoms with E-state index in [4.69, 9.17) is 0 Å². The molecule has 0 aliphatic rings. The number of H-pyrrole nitrogens is 1. The predicted octanol–water partition coefficient (Wildman–Crippen LogP) is 3.49. The van der Waals surface area contributed by atoms with Gasteiger partial charge in [-0.3, -0.25) is 14.9 Å². The number of carbonyl (C=O) groups is 1. The van der Waals surface area contributed by atoms with Crippen LogP contribution < -0.4 is 5.32 Å². The van der Waals surface area contributed by atoms with Crippen LogP contribution in [0.2, 0.25) is 0 Å². The summed E-state index contributed by atoms with van der Waals surface area (Å²) in [5.41, 5.74) is 2.52. The van der Waals surface area contributed by atoms with Crippen molar-refractivity contribution in [2.24, 2.45) is 0 Å². The number of nitrogens with one attached hydrogen (secondary N) is 2. The molecule has 0 saturated heterocycles. The van der Waals surface area contributed by atoms with Gasteiger partial charge in [-0.1, -0.05) is 25.1 Å². The van der Waals surface area contributed by atoms with Crippen LogP contribution in [0.1, 0.15) is 35.4 Å². The van der Waals surface area contributed by atoms with Crippen LogP contribution in [0.25, 0.3) is 11.4 Å². The molecule has 0 aliphatic carbocycles. The number of carbonyl (C=O) groups excluding carboxylic acids is 1. The standard InChI is InChI=1S/C18H17FN4O/c1-2-14(12-6-8-13(19)9-7-12)21-18(24)17-11-16(22-23-17)15-5-3-4-10-20-15/h3-11,14H,2H2,1H3,(H,21,24)(H,22,23)/t14-/m0/s1. The highest BCUT2D eigenvalue weighted by atomic mass is 19.1. The SMILES string of the molecule is CC[C@H](NC(=O)c1cc(-c2ccccn2)n[nH]1)c1ccc(F)cc1. The summed E-state index contributed by atoms with van der Waals surface area (Å²) in [6.45, 7) is 1.96. The fraction of sp³-hybridized carbons (Fsp3) is 0.167. The third kappa shape index (κ3) is 3.48. The van der Waals surface area contributed by atoms with Gasteiger partial charge in [-0.05, 0) is 42.3 Å². The van der Waals surface area contributed by atoms with Crippen LogP contribution in [0.5, 0.6) is 0 Å². The van der Waals surface area contributed by atoms with E-state index in [-0.39, 0.29) is 17.8 Å². The van der Waals surface area contributed by atoms with E-state index in [1.807, 2.05) is 25.1 Å². The molecule has 0 saturated carbocycles. The molecule has 1 atom stereocenters. The van der Waals surface area contributed by atoms with Crippen LogP contribution in [0, 0.1) is 5.82 Å². The summed E-state index contributed by atoms with van der Waals surface area (Å²) in [4.78, 5) is 16.6. The molecule has 0 radical (unpaired) electrons. The topological polar surface area (TPSA) is 70.7 Å². The zero-order valence-electron chi connectivity index (χ0n) is 13.2. The van der Waals surface area contributed by atoms with Crippen molar-refractivity contribution in [2.45, 2.75) is 19.4 Å². The molecular formula is C18H17FN4O. The summed E-state index contributed by atoms with van der Waals surface area (Å²) in [6, 6.07) is 13.1. The average molecular weight is 324 g/mol. The first-order chi connectivity index (χ1) is 11.7. The maximum atomic E-state index is 13.0. The Morgan fingerprint density at radius 1 is 1.21 bits per heavy atom. The molecule has 122 valence electrons. The van der Waals surface area contributed by atoms with E-state index >= 15 is 0 Å². The lowest BCUT2D eigenvalue weighted by Crippen LogP contribution is -2.28. The Kier molecular flexibility index (Phi) is 4.65. The van der Waals surface area contributed by atoms with Crippen LogP contribution in [0.15, 0.2) is 54.7 Å². The van der Waals surface area contributed by atoms with Crippen LogP contribution >= 0.6 is 0 Å². The monoisotopic (exact) mass is 324 g/mol. The number of rotatable bonds is 5. The molecule has 0 bridgehead atoms. The van der Waals surface area contributed by atoms with Gasteiger partial charge in [-0.25, -0.2) is 4.39 Å². The first-order valence-corrected chi connectivity index (χ1v) is 7.70. The zero-order chi connectivity index (χ0) is 16.9. The minimum Gasteiger partial charge on any atom is -0.344 e. The van der Waals surface area contributed by atoms with Crippen LogP contribution in [-0.4, -0.2) is 21.1 Å². The average Bonchev–Trinajstić information content (AvgIpc) is 3.11. The lowest BCUT2D eigenvalue weighted by molar-refractivity contribution is 0.0930. The Morgan fingerprint density at radius 2 is 2.00 bits per heavy atom. The lowest BCUT2D eigenvalue weighted by Gasteiger charge is -2.16. The minimum absolute atomic E-state index is 0.195. The molecule has 0 spiro atoms. The van der Waals surface area contributed by atoms with Crippen molar-refractivity contribution >= 4 is 5.91 Å². The second-order valence-corrected chi connectivity index (χ2v) is 5.37. The van der Waals surface area contributed by atoms with E-state index in [9.17, 15) is 9.18 Å². The molecule has 2 N–H and O–H groups in total. The normalized spacial score (nSPS) is 11.9. The van der Waals surface area contributed by atoms with Crippen molar-refractivity contribution in [1.82, 2.24) is 20.5 Å². The summed E-state index contributed by atoms with van der Waals surface area (Å²) < 4.78 is 13.0. The third-order valence-electron chi connectivity index (χ3n) is 3.74. The maximum absolute atomic E-state index is 13.0. The van der Waals surface area contributed by atoms with Gasteiger partial charge >= 0.3 is 0 Å². The first-order valence-electron chi connectivity index (χ1n) is 7.70. The Hall–Kier alpha value is -3.02. The van der Waals surface area contributed by atoms with Crippen LogP contribution in [-0.2, 0) is 0 Å². The highest BCUT2D eigenvalue weighted by Gasteiger charge is 2.16. The molecule has 0 aliphatic heterocycles. The molecule has 3 aromatic rings. The van der Waals surface area contributed by atoms with Crippen LogP contribution in [0.4, 0.5) is 4.39 Å². The summed E-state index contributed by atoms with van der Waals surface area (Å²) in [5.74, 6) is -0.561. The van der Waals surface area contributed by atoms with Crippen molar-refractivity contribution in [2.75, 3.05) is 0 Å². The quantitative estimate of drug-likeness (QED) is 0.754. The Balaban J connectivity index is 1.74. The number of halogens is 1.